The van der Waals surface area contributed by atoms with Crippen LogP contribution in [-0.2, 0) is 33.3 Å². The first-order valence-corrected chi connectivity index (χ1v) is 16.4. The number of aromatic nitrogens is 2. The number of fused-ring (bicyclic) bond motifs is 1. The van der Waals surface area contributed by atoms with Crippen LogP contribution >= 0.6 is 0 Å². The molecule has 2 N–H and O–H groups in total. The van der Waals surface area contributed by atoms with Crippen LogP contribution < -0.4 is 10.2 Å². The van der Waals surface area contributed by atoms with Gasteiger partial charge in [-0.1, -0.05) is 0 Å². The number of nitrogens with zero attached hydrogens (tertiary/aromatic N) is 4. The predicted octanol–water partition coefficient (Wildman–Crippen LogP) is 3.90. The molecule has 2 fully saturated rings. The van der Waals surface area contributed by atoms with E-state index < -0.39 is 32.1 Å². The largest absolute Gasteiger partial charge is 0.383 e. The highest BCUT2D eigenvalue weighted by Gasteiger charge is 2.48. The highest BCUT2D eigenvalue weighted by atomic mass is 32.2. The SMILES string of the molecule is CN1CCC[C@@H]1CNc1cc(N2CCOCC2)ccc1C(=O)Cc1[nH]nc2c1CN(S(=O)(=O)c1cc(F)cc(F)c1)C2(C)C. The van der Waals surface area contributed by atoms with E-state index in [4.69, 9.17) is 4.74 Å². The Morgan fingerprint density at radius 2 is 1.84 bits per heavy atom. The van der Waals surface area contributed by atoms with Gasteiger partial charge in [0, 0.05) is 66.5 Å². The molecule has 2 aromatic carbocycles. The van der Waals surface area contributed by atoms with E-state index >= 15 is 0 Å². The zero-order valence-electron chi connectivity index (χ0n) is 25.2. The lowest BCUT2D eigenvalue weighted by Crippen LogP contribution is -2.40. The van der Waals surface area contributed by atoms with E-state index in [2.05, 4.69) is 32.4 Å². The maximum atomic E-state index is 13.9. The smallest absolute Gasteiger partial charge is 0.244 e. The topological polar surface area (TPSA) is 111 Å². The molecule has 4 heterocycles. The Morgan fingerprint density at radius 3 is 2.52 bits per heavy atom. The number of carbonyl (C=O) groups is 1. The average molecular weight is 629 g/mol. The van der Waals surface area contributed by atoms with Crippen LogP contribution in [0.5, 0.6) is 0 Å². The van der Waals surface area contributed by atoms with Crippen molar-refractivity contribution in [3.63, 3.8) is 0 Å². The van der Waals surface area contributed by atoms with E-state index in [0.29, 0.717) is 54.4 Å². The number of benzene rings is 2. The number of rotatable bonds is 9. The molecule has 0 unspecified atom stereocenters. The zero-order valence-corrected chi connectivity index (χ0v) is 26.0. The van der Waals surface area contributed by atoms with E-state index in [1.165, 1.54) is 4.31 Å². The van der Waals surface area contributed by atoms with Gasteiger partial charge in [0.1, 0.15) is 11.6 Å². The highest BCUT2D eigenvalue weighted by Crippen LogP contribution is 2.43. The standard InChI is InChI=1S/C31H38F2N6O4S/c1-31(2)30-26(19-39(31)44(41,42)24-14-20(32)13-21(33)15-24)28(35-36-30)17-29(40)25-7-6-22(38-9-11-43-12-10-38)16-27(25)34-18-23-5-4-8-37(23)3/h6-7,13-16,23,34H,4-5,8-12,17-19H2,1-3H3,(H,35,36)/t23-/m1/s1. The number of likely N-dealkylation sites (N-methyl/N-ethyl adjacent to an activating group) is 1. The number of Topliss-reactive ketones (excluding diaryl/α,β-unsaturated/α-hetero) is 1. The molecule has 6 rings (SSSR count). The number of hydrogen-bond acceptors (Lipinski definition) is 8. The Bertz CT molecular complexity index is 1650. The quantitative estimate of drug-likeness (QED) is 0.344. The first kappa shape index (κ1) is 30.6. The minimum atomic E-state index is -4.28. The van der Waals surface area contributed by atoms with Crippen molar-refractivity contribution >= 4 is 27.2 Å². The summed E-state index contributed by atoms with van der Waals surface area (Å²) in [7, 11) is -2.17. The molecule has 13 heteroatoms. The number of hydrogen-bond donors (Lipinski definition) is 2. The zero-order chi connectivity index (χ0) is 31.2. The number of carbonyl (C=O) groups excluding carboxylic acids is 1. The number of likely N-dealkylation sites (tertiary alicyclic amines) is 1. The molecule has 0 saturated carbocycles. The summed E-state index contributed by atoms with van der Waals surface area (Å²) in [6.07, 6.45) is 2.22. The van der Waals surface area contributed by atoms with Gasteiger partial charge in [-0.3, -0.25) is 9.89 Å². The fraction of sp³-hybridized carbons (Fsp3) is 0.484. The van der Waals surface area contributed by atoms with Crippen LogP contribution in [0.4, 0.5) is 20.2 Å². The lowest BCUT2D eigenvalue weighted by molar-refractivity contribution is 0.0992. The average Bonchev–Trinajstić information content (AvgIpc) is 3.67. The van der Waals surface area contributed by atoms with Crippen molar-refractivity contribution in [2.24, 2.45) is 0 Å². The van der Waals surface area contributed by atoms with E-state index in [0.717, 1.165) is 56.0 Å². The number of morpholine rings is 1. The maximum Gasteiger partial charge on any atom is 0.244 e. The molecular weight excluding hydrogens is 590 g/mol. The normalized spacial score (nSPS) is 20.7. The molecule has 0 aliphatic carbocycles. The highest BCUT2D eigenvalue weighted by molar-refractivity contribution is 7.89. The van der Waals surface area contributed by atoms with E-state index in [-0.39, 0.29) is 18.7 Å². The van der Waals surface area contributed by atoms with Crippen molar-refractivity contribution in [1.29, 1.82) is 0 Å². The summed E-state index contributed by atoms with van der Waals surface area (Å²) in [5.41, 5.74) is 2.79. The van der Waals surface area contributed by atoms with Gasteiger partial charge in [-0.2, -0.15) is 9.40 Å². The number of sulfonamides is 1. The van der Waals surface area contributed by atoms with Gasteiger partial charge in [-0.15, -0.1) is 0 Å². The Hall–Kier alpha value is -3.39. The summed E-state index contributed by atoms with van der Waals surface area (Å²) in [4.78, 5) is 18.0. The molecular formula is C31H38F2N6O4S. The van der Waals surface area contributed by atoms with Crippen molar-refractivity contribution in [2.45, 2.75) is 56.1 Å². The number of anilines is 2. The molecule has 3 aromatic rings. The molecule has 3 aliphatic heterocycles. The second-order valence-corrected chi connectivity index (χ2v) is 14.2. The third-order valence-corrected chi connectivity index (χ3v) is 11.1. The second-order valence-electron chi connectivity index (χ2n) is 12.3. The summed E-state index contributed by atoms with van der Waals surface area (Å²) < 4.78 is 61.7. The van der Waals surface area contributed by atoms with Crippen LogP contribution in [0.15, 0.2) is 41.3 Å². The third-order valence-electron chi connectivity index (χ3n) is 9.10. The van der Waals surface area contributed by atoms with Gasteiger partial charge in [0.2, 0.25) is 10.0 Å². The van der Waals surface area contributed by atoms with E-state index in [1.54, 1.807) is 13.8 Å². The van der Waals surface area contributed by atoms with Gasteiger partial charge in [0.15, 0.2) is 5.78 Å². The lowest BCUT2D eigenvalue weighted by atomic mass is 9.98. The molecule has 0 radical (unpaired) electrons. The van der Waals surface area contributed by atoms with Gasteiger partial charge < -0.3 is 19.9 Å². The third kappa shape index (κ3) is 5.73. The molecule has 10 nitrogen and oxygen atoms in total. The Morgan fingerprint density at radius 1 is 1.11 bits per heavy atom. The summed E-state index contributed by atoms with van der Waals surface area (Å²) >= 11 is 0. The Balaban J connectivity index is 1.26. The second kappa shape index (κ2) is 11.8. The molecule has 2 saturated heterocycles. The lowest BCUT2D eigenvalue weighted by Gasteiger charge is -2.30. The number of ketones is 1. The summed E-state index contributed by atoms with van der Waals surface area (Å²) in [5, 5.41) is 10.9. The fourth-order valence-electron chi connectivity index (χ4n) is 6.53. The molecule has 44 heavy (non-hydrogen) atoms. The van der Waals surface area contributed by atoms with Crippen molar-refractivity contribution in [3.05, 3.63) is 70.5 Å². The summed E-state index contributed by atoms with van der Waals surface area (Å²) in [6.45, 7) is 7.90. The van der Waals surface area contributed by atoms with Crippen LogP contribution in [0, 0.1) is 11.6 Å². The number of halogens is 2. The molecule has 3 aliphatic rings. The first-order valence-electron chi connectivity index (χ1n) is 14.9. The monoisotopic (exact) mass is 628 g/mol. The molecule has 0 bridgehead atoms. The van der Waals surface area contributed by atoms with Gasteiger partial charge >= 0.3 is 0 Å². The van der Waals surface area contributed by atoms with Crippen molar-refractivity contribution < 1.29 is 26.7 Å². The molecule has 1 atom stereocenters. The number of aromatic amines is 1. The van der Waals surface area contributed by atoms with Crippen LogP contribution in [0.3, 0.4) is 0 Å². The molecule has 1 aromatic heterocycles. The van der Waals surface area contributed by atoms with Gasteiger partial charge in [0.05, 0.1) is 35.8 Å². The summed E-state index contributed by atoms with van der Waals surface area (Å²) in [5.74, 6) is -2.10. The van der Waals surface area contributed by atoms with Crippen molar-refractivity contribution in [1.82, 2.24) is 19.4 Å². The molecule has 236 valence electrons. The predicted molar refractivity (Wildman–Crippen MR) is 162 cm³/mol. The number of H-pyrrole nitrogens is 1. The van der Waals surface area contributed by atoms with Crippen LogP contribution in [0.25, 0.3) is 0 Å². The molecule has 0 amide bonds. The van der Waals surface area contributed by atoms with Crippen LogP contribution in [-0.4, -0.2) is 86.1 Å². The van der Waals surface area contributed by atoms with Crippen LogP contribution in [0.2, 0.25) is 0 Å². The molecule has 0 spiro atoms. The summed E-state index contributed by atoms with van der Waals surface area (Å²) in [6, 6.07) is 8.45. The Labute approximate surface area is 256 Å². The first-order chi connectivity index (χ1) is 20.9. The number of ether oxygens (including phenoxy) is 1. The van der Waals surface area contributed by atoms with Gasteiger partial charge in [-0.25, -0.2) is 17.2 Å². The van der Waals surface area contributed by atoms with E-state index in [1.807, 2.05) is 18.2 Å². The van der Waals surface area contributed by atoms with Gasteiger partial charge in [-0.05, 0) is 70.6 Å². The minimum Gasteiger partial charge on any atom is -0.383 e. The Kier molecular flexibility index (Phi) is 8.24. The minimum absolute atomic E-state index is 0.0180. The van der Waals surface area contributed by atoms with E-state index in [9.17, 15) is 22.0 Å². The maximum absolute atomic E-state index is 13.9. The van der Waals surface area contributed by atoms with Crippen molar-refractivity contribution in [3.8, 4) is 0 Å². The van der Waals surface area contributed by atoms with Crippen LogP contribution in [0.1, 0.15) is 54.0 Å². The van der Waals surface area contributed by atoms with Gasteiger partial charge in [0.25, 0.3) is 0 Å². The van der Waals surface area contributed by atoms with Crippen molar-refractivity contribution in [2.75, 3.05) is 56.7 Å². The number of nitrogens with one attached hydrogen (secondary N) is 2. The fourth-order valence-corrected chi connectivity index (χ4v) is 8.30.